The largest absolute Gasteiger partial charge is 0.465 e. The molecule has 3 fully saturated rings. The summed E-state index contributed by atoms with van der Waals surface area (Å²) in [5.74, 6) is -6.02. The number of hydrogen-bond acceptors (Lipinski definition) is 10. The van der Waals surface area contributed by atoms with Gasteiger partial charge in [0.25, 0.3) is 0 Å². The first-order valence-corrected chi connectivity index (χ1v) is 14.0. The maximum absolute atomic E-state index is 14.6. The average Bonchev–Trinajstić information content (AvgIpc) is 3.25. The summed E-state index contributed by atoms with van der Waals surface area (Å²) in [7, 11) is 0. The molecule has 1 aromatic carbocycles. The summed E-state index contributed by atoms with van der Waals surface area (Å²) >= 11 is 0. The fraction of sp³-hybridized carbons (Fsp3) is 0.613. The first-order valence-electron chi connectivity index (χ1n) is 14.0. The smallest absolute Gasteiger partial charge is 0.338 e. The van der Waals surface area contributed by atoms with Gasteiger partial charge in [-0.2, -0.15) is 0 Å². The van der Waals surface area contributed by atoms with Gasteiger partial charge in [0.05, 0.1) is 28.6 Å². The molecule has 0 bridgehead atoms. The van der Waals surface area contributed by atoms with Crippen LogP contribution in [0.1, 0.15) is 58.3 Å². The predicted molar refractivity (Wildman–Crippen MR) is 143 cm³/mol. The topological polar surface area (TPSA) is 146 Å². The summed E-state index contributed by atoms with van der Waals surface area (Å²) in [4.78, 5) is 53.1. The number of aliphatic hydroxyl groups excluding tert-OH is 1. The van der Waals surface area contributed by atoms with Gasteiger partial charge in [-0.3, -0.25) is 14.4 Å². The van der Waals surface area contributed by atoms with Crippen LogP contribution in [0.4, 0.5) is 0 Å². The van der Waals surface area contributed by atoms with Crippen LogP contribution in [-0.2, 0) is 33.3 Å². The Kier molecular flexibility index (Phi) is 6.99. The van der Waals surface area contributed by atoms with Crippen LogP contribution in [0.2, 0.25) is 0 Å². The van der Waals surface area contributed by atoms with E-state index in [4.69, 9.17) is 18.9 Å². The quantitative estimate of drug-likeness (QED) is 0.307. The second-order valence-electron chi connectivity index (χ2n) is 12.8. The molecule has 2 N–H and O–H groups in total. The monoisotopic (exact) mass is 570 g/mol. The van der Waals surface area contributed by atoms with Crippen LogP contribution >= 0.6 is 0 Å². The van der Waals surface area contributed by atoms with Crippen LogP contribution < -0.4 is 0 Å². The van der Waals surface area contributed by atoms with E-state index in [-0.39, 0.29) is 12.0 Å². The third kappa shape index (κ3) is 4.25. The van der Waals surface area contributed by atoms with E-state index in [9.17, 15) is 29.4 Å². The van der Waals surface area contributed by atoms with E-state index in [1.807, 2.05) is 19.9 Å². The lowest BCUT2D eigenvalue weighted by atomic mass is 9.54. The number of ketones is 1. The lowest BCUT2D eigenvalue weighted by Crippen LogP contribution is -2.64. The number of esters is 3. The molecule has 0 amide bonds. The maximum Gasteiger partial charge on any atom is 0.338 e. The minimum atomic E-state index is -2.17. The molecule has 10 unspecified atom stereocenters. The summed E-state index contributed by atoms with van der Waals surface area (Å²) in [6, 6.07) is 8.18. The summed E-state index contributed by atoms with van der Waals surface area (Å²) in [6.07, 6.45) is -0.545. The molecule has 4 aliphatic rings. The van der Waals surface area contributed by atoms with Crippen molar-refractivity contribution in [3.63, 3.8) is 0 Å². The molecule has 1 heterocycles. The Hall–Kier alpha value is -3.08. The molecule has 0 aromatic heterocycles. The lowest BCUT2D eigenvalue weighted by Gasteiger charge is -2.53. The van der Waals surface area contributed by atoms with Crippen molar-refractivity contribution in [1.29, 1.82) is 0 Å². The summed E-state index contributed by atoms with van der Waals surface area (Å²) < 4.78 is 24.3. The standard InChI is InChI=1S/C31H38O10/c1-16-14-31(37)22(23(16)34)25(40-26(35)19-10-8-7-9-11-19)30(15-38-17(2)32)21(39-18(3)33)13-12-20-24(30)29(6,27(31)36)41-28(20,4)5/h7-13,16,20-25,34,37H,14-15H2,1-6H3. The van der Waals surface area contributed by atoms with Gasteiger partial charge in [0, 0.05) is 25.7 Å². The van der Waals surface area contributed by atoms with Gasteiger partial charge in [0.15, 0.2) is 5.78 Å². The molecule has 10 atom stereocenters. The molecular weight excluding hydrogens is 532 g/mol. The Morgan fingerprint density at radius 1 is 1.02 bits per heavy atom. The number of rotatable bonds is 5. The summed E-state index contributed by atoms with van der Waals surface area (Å²) in [5.41, 5.74) is -6.23. The average molecular weight is 571 g/mol. The Balaban J connectivity index is 1.84. The summed E-state index contributed by atoms with van der Waals surface area (Å²) in [6.45, 7) is 8.92. The number of hydrogen-bond donors (Lipinski definition) is 2. The van der Waals surface area contributed by atoms with Gasteiger partial charge < -0.3 is 29.2 Å². The van der Waals surface area contributed by atoms with Crippen LogP contribution in [0.25, 0.3) is 0 Å². The number of fused-ring (bicyclic) bond motifs is 1. The van der Waals surface area contributed by atoms with Crippen molar-refractivity contribution in [1.82, 2.24) is 0 Å². The highest BCUT2D eigenvalue weighted by Gasteiger charge is 2.80. The van der Waals surface area contributed by atoms with E-state index in [0.717, 1.165) is 0 Å². The molecule has 41 heavy (non-hydrogen) atoms. The molecule has 0 spiro atoms. The fourth-order valence-electron chi connectivity index (χ4n) is 8.29. The van der Waals surface area contributed by atoms with Crippen LogP contribution in [0.3, 0.4) is 0 Å². The Bertz CT molecular complexity index is 1290. The normalized spacial score (nSPS) is 42.0. The van der Waals surface area contributed by atoms with Crippen molar-refractivity contribution >= 4 is 23.7 Å². The molecule has 3 aliphatic carbocycles. The van der Waals surface area contributed by atoms with Crippen molar-refractivity contribution in [2.45, 2.75) is 83.1 Å². The number of carbonyl (C=O) groups excluding carboxylic acids is 4. The van der Waals surface area contributed by atoms with Gasteiger partial charge in [-0.1, -0.05) is 31.2 Å². The highest BCUT2D eigenvalue weighted by molar-refractivity contribution is 5.97. The first kappa shape index (κ1) is 29.4. The van der Waals surface area contributed by atoms with E-state index in [0.29, 0.717) is 0 Å². The molecular formula is C31H38O10. The van der Waals surface area contributed by atoms with E-state index < -0.39 is 94.5 Å². The van der Waals surface area contributed by atoms with Crippen molar-refractivity contribution < 1.29 is 48.3 Å². The first-order chi connectivity index (χ1) is 19.1. The highest BCUT2D eigenvalue weighted by Crippen LogP contribution is 2.66. The molecule has 10 heteroatoms. The van der Waals surface area contributed by atoms with Gasteiger partial charge in [0.1, 0.15) is 30.0 Å². The lowest BCUT2D eigenvalue weighted by molar-refractivity contribution is -0.201. The fourth-order valence-corrected chi connectivity index (χ4v) is 8.29. The zero-order valence-corrected chi connectivity index (χ0v) is 24.2. The maximum atomic E-state index is 14.6. The Morgan fingerprint density at radius 2 is 1.68 bits per heavy atom. The number of aliphatic hydroxyl groups is 2. The number of carbonyl (C=O) groups is 4. The number of ether oxygens (including phenoxy) is 4. The zero-order chi connectivity index (χ0) is 30.1. The molecule has 1 aromatic rings. The van der Waals surface area contributed by atoms with Crippen LogP contribution in [-0.4, -0.2) is 75.6 Å². The third-order valence-corrected chi connectivity index (χ3v) is 9.73. The van der Waals surface area contributed by atoms with Crippen molar-refractivity contribution in [3.8, 4) is 0 Å². The SMILES string of the molecule is CC(=O)OCC12C(OC(C)=O)C=CC3C1C(C)(OC3(C)C)C(=O)C1(O)CC(C)C(O)C1C2OC(=O)c1ccccc1. The van der Waals surface area contributed by atoms with Crippen LogP contribution in [0, 0.1) is 29.1 Å². The van der Waals surface area contributed by atoms with E-state index >= 15 is 0 Å². The minimum absolute atomic E-state index is 0.108. The minimum Gasteiger partial charge on any atom is -0.465 e. The van der Waals surface area contributed by atoms with Gasteiger partial charge in [0.2, 0.25) is 0 Å². The molecule has 1 aliphatic heterocycles. The van der Waals surface area contributed by atoms with Crippen LogP contribution in [0.15, 0.2) is 42.5 Å². The molecule has 1 saturated heterocycles. The second kappa shape index (κ2) is 9.74. The molecule has 0 radical (unpaired) electrons. The molecule has 5 rings (SSSR count). The Labute approximate surface area is 239 Å². The molecule has 222 valence electrons. The van der Waals surface area contributed by atoms with E-state index in [1.165, 1.54) is 13.8 Å². The van der Waals surface area contributed by atoms with Crippen LogP contribution in [0.5, 0.6) is 0 Å². The van der Waals surface area contributed by atoms with Crippen molar-refractivity contribution in [2.24, 2.45) is 29.1 Å². The van der Waals surface area contributed by atoms with Gasteiger partial charge in [-0.05, 0) is 51.3 Å². The van der Waals surface area contributed by atoms with Gasteiger partial charge >= 0.3 is 17.9 Å². The Morgan fingerprint density at radius 3 is 2.29 bits per heavy atom. The van der Waals surface area contributed by atoms with E-state index in [1.54, 1.807) is 50.3 Å². The van der Waals surface area contributed by atoms with Gasteiger partial charge in [-0.25, -0.2) is 4.79 Å². The predicted octanol–water partition coefficient (Wildman–Crippen LogP) is 2.39. The second-order valence-corrected chi connectivity index (χ2v) is 12.8. The third-order valence-electron chi connectivity index (χ3n) is 9.73. The number of Topliss-reactive ketones (excluding diaryl/α,β-unsaturated/α-hetero) is 1. The van der Waals surface area contributed by atoms with Crippen molar-refractivity contribution in [2.75, 3.05) is 6.61 Å². The molecule has 10 nitrogen and oxygen atoms in total. The van der Waals surface area contributed by atoms with Crippen molar-refractivity contribution in [3.05, 3.63) is 48.0 Å². The molecule has 2 saturated carbocycles. The highest BCUT2D eigenvalue weighted by atomic mass is 16.6. The number of benzene rings is 1. The van der Waals surface area contributed by atoms with Gasteiger partial charge in [-0.15, -0.1) is 0 Å². The van der Waals surface area contributed by atoms with E-state index in [2.05, 4.69) is 0 Å². The summed E-state index contributed by atoms with van der Waals surface area (Å²) in [5, 5.41) is 23.9. The zero-order valence-electron chi connectivity index (χ0n) is 24.2.